The van der Waals surface area contributed by atoms with Crippen molar-refractivity contribution >= 4 is 38.4 Å². The number of hydrogen-bond donors (Lipinski definition) is 2. The van der Waals surface area contributed by atoms with E-state index in [1.807, 2.05) is 60.7 Å². The normalized spacial score (nSPS) is 17.0. The number of carbonyl (C=O) groups excluding carboxylic acids is 3. The predicted molar refractivity (Wildman–Crippen MR) is 155 cm³/mol. The smallest absolute Gasteiger partial charge is 0.260 e. The number of sulfonamides is 1. The van der Waals surface area contributed by atoms with Gasteiger partial charge >= 0.3 is 0 Å². The number of amides is 2. The molecule has 0 spiro atoms. The van der Waals surface area contributed by atoms with Crippen molar-refractivity contribution < 1.29 is 22.8 Å². The SMILES string of the molecule is O=C(N[C@@H](Cc1ccccc1)C(=O)NC1CCCN(S(=O)(=O)c2ccccn2)CC1=O)c1cccc2ccccc12. The number of nitrogens with one attached hydrogen (secondary N) is 2. The molecule has 9 nitrogen and oxygen atoms in total. The standard InChI is InChI=1S/C31H30N4O5S/c36-28-21-35(41(39,40)29-17-6-7-18-32-29)19-9-16-26(28)33-31(38)27(20-22-10-2-1-3-11-22)34-30(37)25-15-8-13-23-12-4-5-14-24(23)25/h1-8,10-15,17-18,26-27H,9,16,19-21H2,(H,33,38)(H,34,37)/t26?,27-/m0/s1. The molecule has 1 aliphatic rings. The zero-order chi connectivity index (χ0) is 28.8. The molecule has 1 unspecified atom stereocenters. The van der Waals surface area contributed by atoms with Gasteiger partial charge in [-0.25, -0.2) is 13.4 Å². The van der Waals surface area contributed by atoms with Crippen LogP contribution in [0.2, 0.25) is 0 Å². The highest BCUT2D eigenvalue weighted by atomic mass is 32.2. The minimum absolute atomic E-state index is 0.127. The number of carbonyl (C=O) groups is 3. The molecule has 1 aliphatic heterocycles. The van der Waals surface area contributed by atoms with Crippen molar-refractivity contribution in [1.29, 1.82) is 0 Å². The number of rotatable bonds is 8. The first-order valence-corrected chi connectivity index (χ1v) is 14.8. The monoisotopic (exact) mass is 570 g/mol. The summed E-state index contributed by atoms with van der Waals surface area (Å²) in [7, 11) is -3.96. The van der Waals surface area contributed by atoms with Crippen LogP contribution in [0.3, 0.4) is 0 Å². The predicted octanol–water partition coefficient (Wildman–Crippen LogP) is 3.11. The highest BCUT2D eigenvalue weighted by Gasteiger charge is 2.34. The molecule has 0 bridgehead atoms. The summed E-state index contributed by atoms with van der Waals surface area (Å²) in [5.41, 5.74) is 1.28. The van der Waals surface area contributed by atoms with Crippen LogP contribution in [0.5, 0.6) is 0 Å². The molecule has 210 valence electrons. The first kappa shape index (κ1) is 28.1. The Morgan fingerprint density at radius 2 is 1.66 bits per heavy atom. The van der Waals surface area contributed by atoms with E-state index in [2.05, 4.69) is 15.6 Å². The van der Waals surface area contributed by atoms with Crippen LogP contribution < -0.4 is 10.6 Å². The van der Waals surface area contributed by atoms with Gasteiger partial charge in [-0.2, -0.15) is 4.31 Å². The second kappa shape index (κ2) is 12.4. The second-order valence-electron chi connectivity index (χ2n) is 9.92. The van der Waals surface area contributed by atoms with E-state index < -0.39 is 39.7 Å². The Morgan fingerprint density at radius 3 is 2.44 bits per heavy atom. The van der Waals surface area contributed by atoms with Crippen LogP contribution in [0, 0.1) is 0 Å². The number of pyridine rings is 1. The Morgan fingerprint density at radius 1 is 0.927 bits per heavy atom. The zero-order valence-corrected chi connectivity index (χ0v) is 23.1. The number of aromatic nitrogens is 1. The molecule has 4 aromatic rings. The number of ketones is 1. The van der Waals surface area contributed by atoms with E-state index in [4.69, 9.17) is 0 Å². The fourth-order valence-electron chi connectivity index (χ4n) is 4.98. The Bertz CT molecular complexity index is 1660. The summed E-state index contributed by atoms with van der Waals surface area (Å²) in [5.74, 6) is -1.34. The van der Waals surface area contributed by atoms with Gasteiger partial charge in [-0.3, -0.25) is 14.4 Å². The molecule has 10 heteroatoms. The Kier molecular flexibility index (Phi) is 8.51. The lowest BCUT2D eigenvalue weighted by molar-refractivity contribution is -0.128. The first-order valence-electron chi connectivity index (χ1n) is 13.4. The molecule has 5 rings (SSSR count). The van der Waals surface area contributed by atoms with Gasteiger partial charge in [-0.1, -0.05) is 72.8 Å². The molecule has 1 aromatic heterocycles. The van der Waals surface area contributed by atoms with Gasteiger partial charge in [-0.05, 0) is 47.4 Å². The second-order valence-corrected chi connectivity index (χ2v) is 11.8. The molecule has 41 heavy (non-hydrogen) atoms. The number of benzene rings is 3. The topological polar surface area (TPSA) is 126 Å². The summed E-state index contributed by atoms with van der Waals surface area (Å²) < 4.78 is 27.2. The van der Waals surface area contributed by atoms with Crippen LogP contribution in [0.1, 0.15) is 28.8 Å². The summed E-state index contributed by atoms with van der Waals surface area (Å²) in [5, 5.41) is 7.20. The molecule has 0 saturated carbocycles. The average Bonchev–Trinajstić information content (AvgIpc) is 3.18. The number of Topliss-reactive ketones (excluding diaryl/α,β-unsaturated/α-hetero) is 1. The van der Waals surface area contributed by atoms with Gasteiger partial charge in [0.1, 0.15) is 6.04 Å². The van der Waals surface area contributed by atoms with Crippen molar-refractivity contribution in [3.05, 3.63) is 108 Å². The van der Waals surface area contributed by atoms with Gasteiger partial charge in [0.2, 0.25) is 5.91 Å². The van der Waals surface area contributed by atoms with Crippen LogP contribution in [0.15, 0.2) is 102 Å². The minimum Gasteiger partial charge on any atom is -0.344 e. The Labute approximate surface area is 238 Å². The average molecular weight is 571 g/mol. The molecule has 2 atom stereocenters. The van der Waals surface area contributed by atoms with E-state index in [0.717, 1.165) is 20.6 Å². The molecular weight excluding hydrogens is 540 g/mol. The van der Waals surface area contributed by atoms with E-state index in [1.54, 1.807) is 24.3 Å². The number of fused-ring (bicyclic) bond motifs is 1. The lowest BCUT2D eigenvalue weighted by atomic mass is 10.0. The van der Waals surface area contributed by atoms with Gasteiger partial charge in [-0.15, -0.1) is 0 Å². The first-order chi connectivity index (χ1) is 19.8. The van der Waals surface area contributed by atoms with Gasteiger partial charge in [0.05, 0.1) is 12.6 Å². The molecule has 0 aliphatic carbocycles. The van der Waals surface area contributed by atoms with Crippen molar-refractivity contribution in [3.8, 4) is 0 Å². The zero-order valence-electron chi connectivity index (χ0n) is 22.3. The summed E-state index contributed by atoms with van der Waals surface area (Å²) in [6.07, 6.45) is 2.24. The fourth-order valence-corrected chi connectivity index (χ4v) is 6.35. The highest BCUT2D eigenvalue weighted by Crippen LogP contribution is 2.20. The lowest BCUT2D eigenvalue weighted by Crippen LogP contribution is -2.53. The van der Waals surface area contributed by atoms with E-state index in [-0.39, 0.29) is 31.0 Å². The summed E-state index contributed by atoms with van der Waals surface area (Å²) >= 11 is 0. The van der Waals surface area contributed by atoms with Crippen LogP contribution >= 0.6 is 0 Å². The molecule has 2 heterocycles. The van der Waals surface area contributed by atoms with Crippen molar-refractivity contribution in [2.24, 2.45) is 0 Å². The largest absolute Gasteiger partial charge is 0.344 e. The Balaban J connectivity index is 1.33. The quantitative estimate of drug-likeness (QED) is 0.335. The van der Waals surface area contributed by atoms with Crippen molar-refractivity contribution in [1.82, 2.24) is 19.9 Å². The minimum atomic E-state index is -3.96. The van der Waals surface area contributed by atoms with Gasteiger partial charge in [0.15, 0.2) is 10.8 Å². The maximum absolute atomic E-state index is 13.6. The molecule has 2 amide bonds. The summed E-state index contributed by atoms with van der Waals surface area (Å²) in [6.45, 7) is -0.252. The molecule has 0 radical (unpaired) electrons. The maximum atomic E-state index is 13.6. The summed E-state index contributed by atoms with van der Waals surface area (Å²) in [6, 6.07) is 24.9. The van der Waals surface area contributed by atoms with Crippen LogP contribution in [-0.2, 0) is 26.0 Å². The van der Waals surface area contributed by atoms with Crippen molar-refractivity contribution in [3.63, 3.8) is 0 Å². The Hall–Kier alpha value is -4.41. The van der Waals surface area contributed by atoms with Gasteiger partial charge < -0.3 is 10.6 Å². The van der Waals surface area contributed by atoms with Gasteiger partial charge in [0, 0.05) is 24.7 Å². The molecule has 2 N–H and O–H groups in total. The lowest BCUT2D eigenvalue weighted by Gasteiger charge is -2.23. The molecular formula is C31H30N4O5S. The van der Waals surface area contributed by atoms with E-state index >= 15 is 0 Å². The van der Waals surface area contributed by atoms with E-state index in [0.29, 0.717) is 12.0 Å². The van der Waals surface area contributed by atoms with Crippen LogP contribution in [0.25, 0.3) is 10.8 Å². The van der Waals surface area contributed by atoms with Gasteiger partial charge in [0.25, 0.3) is 15.9 Å². The van der Waals surface area contributed by atoms with E-state index in [9.17, 15) is 22.8 Å². The van der Waals surface area contributed by atoms with Crippen LogP contribution in [0.4, 0.5) is 0 Å². The third-order valence-electron chi connectivity index (χ3n) is 7.12. The maximum Gasteiger partial charge on any atom is 0.260 e. The van der Waals surface area contributed by atoms with Crippen LogP contribution in [-0.4, -0.2) is 60.5 Å². The third-order valence-corrected chi connectivity index (χ3v) is 8.88. The number of nitrogens with zero attached hydrogens (tertiary/aromatic N) is 2. The van der Waals surface area contributed by atoms with Crippen molar-refractivity contribution in [2.75, 3.05) is 13.1 Å². The number of hydrogen-bond acceptors (Lipinski definition) is 6. The third kappa shape index (κ3) is 6.50. The molecule has 3 aromatic carbocycles. The highest BCUT2D eigenvalue weighted by molar-refractivity contribution is 7.89. The molecule has 1 fully saturated rings. The van der Waals surface area contributed by atoms with E-state index in [1.165, 1.54) is 12.3 Å². The summed E-state index contributed by atoms with van der Waals surface area (Å²) in [4.78, 5) is 44.1. The van der Waals surface area contributed by atoms with Crippen molar-refractivity contribution in [2.45, 2.75) is 36.4 Å². The fraction of sp³-hybridized carbons (Fsp3) is 0.226. The molecule has 1 saturated heterocycles.